The third-order valence-electron chi connectivity index (χ3n) is 8.41. The molecular weight excluding hydrogens is 755 g/mol. The number of amides is 2. The molecule has 0 bridgehead atoms. The molecular formula is C36H35N7O8S3. The van der Waals surface area contributed by atoms with Crippen LogP contribution in [0.4, 0.5) is 36.9 Å². The van der Waals surface area contributed by atoms with E-state index < -0.39 is 43.3 Å². The number of hydrogen-bond acceptors (Lipinski definition) is 11. The molecule has 15 nitrogen and oxygen atoms in total. The summed E-state index contributed by atoms with van der Waals surface area (Å²) < 4.78 is 27.5. The number of thiazole rings is 2. The van der Waals surface area contributed by atoms with Crippen molar-refractivity contribution in [2.45, 2.75) is 51.5 Å². The summed E-state index contributed by atoms with van der Waals surface area (Å²) in [7, 11) is -4.23. The number of benzene rings is 3. The number of anilines is 4. The Balaban J connectivity index is 0.000000219. The molecule has 3 N–H and O–H groups in total. The Labute approximate surface area is 318 Å². The van der Waals surface area contributed by atoms with E-state index in [1.165, 1.54) is 56.9 Å². The lowest BCUT2D eigenvalue weighted by atomic mass is 10.1. The van der Waals surface area contributed by atoms with E-state index >= 15 is 0 Å². The summed E-state index contributed by atoms with van der Waals surface area (Å²) in [6, 6.07) is 17.5. The quantitative estimate of drug-likeness (QED) is 0.103. The van der Waals surface area contributed by atoms with E-state index in [1.54, 1.807) is 51.2 Å². The average Bonchev–Trinajstić information content (AvgIpc) is 3.91. The van der Waals surface area contributed by atoms with Crippen LogP contribution >= 0.6 is 22.7 Å². The van der Waals surface area contributed by atoms with E-state index in [2.05, 4.69) is 15.3 Å². The summed E-state index contributed by atoms with van der Waals surface area (Å²) in [4.78, 5) is 46.6. The van der Waals surface area contributed by atoms with Crippen LogP contribution in [0.1, 0.15) is 36.1 Å². The van der Waals surface area contributed by atoms with Gasteiger partial charge >= 0.3 is 12.2 Å². The number of fused-ring (bicyclic) bond motifs is 2. The zero-order valence-corrected chi connectivity index (χ0v) is 32.1. The van der Waals surface area contributed by atoms with Crippen molar-refractivity contribution in [2.24, 2.45) is 0 Å². The SMILES string of the molecule is Cc1cnc(N(C(=O)O)c2ccc3c(c2)CCN3)s1.Cc1sc(N(C(=O)O)C(C)(C)C)nc1-c1ccc2c(ccn2S(=O)(=O)c2ccccc2[N+](=O)[O-])c1. The molecule has 280 valence electrons. The van der Waals surface area contributed by atoms with Crippen molar-refractivity contribution in [3.8, 4) is 11.3 Å². The van der Waals surface area contributed by atoms with Crippen molar-refractivity contribution >= 4 is 83.1 Å². The highest BCUT2D eigenvalue weighted by atomic mass is 32.2. The second-order valence-electron chi connectivity index (χ2n) is 13.2. The summed E-state index contributed by atoms with van der Waals surface area (Å²) in [6.45, 7) is 10.0. The van der Waals surface area contributed by atoms with Gasteiger partial charge in [0.15, 0.2) is 15.2 Å². The van der Waals surface area contributed by atoms with Crippen LogP contribution in [0.3, 0.4) is 0 Å². The van der Waals surface area contributed by atoms with E-state index in [9.17, 15) is 38.3 Å². The van der Waals surface area contributed by atoms with E-state index in [0.29, 0.717) is 38.1 Å². The zero-order valence-electron chi connectivity index (χ0n) is 29.7. The van der Waals surface area contributed by atoms with Gasteiger partial charge in [-0.05, 0) is 89.1 Å². The van der Waals surface area contributed by atoms with Crippen molar-refractivity contribution in [1.29, 1.82) is 0 Å². The number of rotatable bonds is 7. The zero-order chi connectivity index (χ0) is 39.1. The Morgan fingerprint density at radius 1 is 0.981 bits per heavy atom. The molecule has 6 aromatic rings. The fraction of sp³-hybridized carbons (Fsp3) is 0.222. The van der Waals surface area contributed by atoms with Gasteiger partial charge in [0, 0.05) is 56.9 Å². The summed E-state index contributed by atoms with van der Waals surface area (Å²) in [5.41, 5.74) is 3.32. The lowest BCUT2D eigenvalue weighted by Gasteiger charge is -2.30. The standard InChI is InChI=1S/C23H22N4O6S2.C13H13N3O2S/c1-14-20(24-21(34-14)26(22(28)29)23(2,3)4)16-9-10-17-15(13-16)11-12-25(17)35(32,33)19-8-6-5-7-18(19)27(30)31;1-8-7-15-12(19-8)16(13(17)18)10-2-3-11-9(6-10)4-5-14-11/h5-13H,1-4H3,(H,28,29);2-3,6-7,14H,4-5H2,1H3,(H,17,18). The van der Waals surface area contributed by atoms with E-state index in [4.69, 9.17) is 0 Å². The molecule has 4 heterocycles. The number of aromatic nitrogens is 3. The first-order chi connectivity index (χ1) is 25.5. The van der Waals surface area contributed by atoms with Crippen molar-refractivity contribution in [3.63, 3.8) is 0 Å². The molecule has 18 heteroatoms. The smallest absolute Gasteiger partial charge is 0.418 e. The molecule has 0 spiro atoms. The highest BCUT2D eigenvalue weighted by molar-refractivity contribution is 7.90. The maximum atomic E-state index is 13.3. The minimum Gasteiger partial charge on any atom is -0.465 e. The van der Waals surface area contributed by atoms with Crippen molar-refractivity contribution in [3.05, 3.63) is 105 Å². The molecule has 2 amide bonds. The number of nitrogens with one attached hydrogen (secondary N) is 1. The van der Waals surface area contributed by atoms with Crippen LogP contribution in [0, 0.1) is 24.0 Å². The Morgan fingerprint density at radius 2 is 1.72 bits per heavy atom. The van der Waals surface area contributed by atoms with Crippen molar-refractivity contribution in [2.75, 3.05) is 21.7 Å². The Hall–Kier alpha value is -5.85. The molecule has 0 atom stereocenters. The normalized spacial score (nSPS) is 12.4. The molecule has 0 saturated heterocycles. The van der Waals surface area contributed by atoms with Crippen LogP contribution in [0.25, 0.3) is 22.2 Å². The molecule has 0 aliphatic carbocycles. The van der Waals surface area contributed by atoms with Gasteiger partial charge in [0.1, 0.15) is 0 Å². The molecule has 1 aliphatic rings. The van der Waals surface area contributed by atoms with Crippen LogP contribution in [0.2, 0.25) is 0 Å². The van der Waals surface area contributed by atoms with Gasteiger partial charge in [0.05, 0.1) is 21.8 Å². The van der Waals surface area contributed by atoms with Gasteiger partial charge in [0.2, 0.25) is 0 Å². The number of nitrogens with zero attached hydrogens (tertiary/aromatic N) is 6. The summed E-state index contributed by atoms with van der Waals surface area (Å²) in [5, 5.41) is 35.2. The Morgan fingerprint density at radius 3 is 2.37 bits per heavy atom. The summed E-state index contributed by atoms with van der Waals surface area (Å²) in [6.07, 6.45) is 1.84. The highest BCUT2D eigenvalue weighted by Gasteiger charge is 2.32. The lowest BCUT2D eigenvalue weighted by molar-refractivity contribution is -0.387. The van der Waals surface area contributed by atoms with E-state index in [0.717, 1.165) is 44.0 Å². The lowest BCUT2D eigenvalue weighted by Crippen LogP contribution is -2.45. The number of aryl methyl sites for hydroxylation is 2. The second kappa shape index (κ2) is 14.5. The van der Waals surface area contributed by atoms with Crippen LogP contribution in [-0.4, -0.2) is 61.8 Å². The van der Waals surface area contributed by atoms with Crippen LogP contribution in [0.15, 0.2) is 84.0 Å². The number of nitro benzene ring substituents is 1. The van der Waals surface area contributed by atoms with Crippen LogP contribution < -0.4 is 15.1 Å². The Bertz CT molecular complexity index is 2540. The first kappa shape index (κ1) is 37.9. The van der Waals surface area contributed by atoms with E-state index in [1.807, 2.05) is 32.0 Å². The van der Waals surface area contributed by atoms with Gasteiger partial charge in [-0.15, -0.1) is 22.7 Å². The molecule has 0 fully saturated rings. The van der Waals surface area contributed by atoms with E-state index in [-0.39, 0.29) is 0 Å². The van der Waals surface area contributed by atoms with Gasteiger partial charge in [-0.1, -0.05) is 18.2 Å². The predicted octanol–water partition coefficient (Wildman–Crippen LogP) is 8.74. The first-order valence-corrected chi connectivity index (χ1v) is 19.5. The number of para-hydroxylation sites is 1. The topological polar surface area (TPSA) is 201 Å². The molecule has 3 aromatic carbocycles. The molecule has 0 radical (unpaired) electrons. The summed E-state index contributed by atoms with van der Waals surface area (Å²) >= 11 is 2.63. The maximum Gasteiger partial charge on any atom is 0.418 e. The fourth-order valence-electron chi connectivity index (χ4n) is 5.99. The van der Waals surface area contributed by atoms with Gasteiger partial charge in [-0.2, -0.15) is 0 Å². The van der Waals surface area contributed by atoms with Crippen LogP contribution in [-0.2, 0) is 16.4 Å². The molecule has 0 unspecified atom stereocenters. The monoisotopic (exact) mass is 789 g/mol. The molecule has 1 aliphatic heterocycles. The minimum absolute atomic E-state index is 0.342. The fourth-order valence-corrected chi connectivity index (χ4v) is 9.39. The Kier molecular flexibility index (Phi) is 10.2. The number of nitro groups is 1. The van der Waals surface area contributed by atoms with Crippen LogP contribution in [0.5, 0.6) is 0 Å². The minimum atomic E-state index is -4.23. The third kappa shape index (κ3) is 7.35. The van der Waals surface area contributed by atoms with Gasteiger partial charge in [0.25, 0.3) is 15.7 Å². The second-order valence-corrected chi connectivity index (χ2v) is 17.4. The van der Waals surface area contributed by atoms with Gasteiger partial charge in [-0.3, -0.25) is 10.1 Å². The molecule has 54 heavy (non-hydrogen) atoms. The number of carboxylic acid groups (broad SMARTS) is 2. The van der Waals surface area contributed by atoms with Gasteiger partial charge in [-0.25, -0.2) is 41.7 Å². The van der Waals surface area contributed by atoms with Crippen molar-refractivity contribution in [1.82, 2.24) is 13.9 Å². The molecule has 7 rings (SSSR count). The maximum absolute atomic E-state index is 13.3. The van der Waals surface area contributed by atoms with Gasteiger partial charge < -0.3 is 15.5 Å². The molecule has 3 aromatic heterocycles. The first-order valence-electron chi connectivity index (χ1n) is 16.4. The average molecular weight is 790 g/mol. The summed E-state index contributed by atoms with van der Waals surface area (Å²) in [5.74, 6) is 0. The predicted molar refractivity (Wildman–Crippen MR) is 209 cm³/mol. The molecule has 0 saturated carbocycles. The highest BCUT2D eigenvalue weighted by Crippen LogP contribution is 2.38. The third-order valence-corrected chi connectivity index (χ3v) is 12.0. The number of hydrogen-bond donors (Lipinski definition) is 3. The number of carbonyl (C=O) groups is 2. The van der Waals surface area contributed by atoms with Crippen molar-refractivity contribution < 1.29 is 33.1 Å². The largest absolute Gasteiger partial charge is 0.465 e.